The summed E-state index contributed by atoms with van der Waals surface area (Å²) in [7, 11) is -1.90. The first-order chi connectivity index (χ1) is 5.72. The highest BCUT2D eigenvalue weighted by Crippen LogP contribution is 2.06. The van der Waals surface area contributed by atoms with Crippen LogP contribution in [0.25, 0.3) is 0 Å². The van der Waals surface area contributed by atoms with E-state index in [-0.39, 0.29) is 12.3 Å². The van der Waals surface area contributed by atoms with E-state index in [1.54, 1.807) is 0 Å². The lowest BCUT2D eigenvalue weighted by Gasteiger charge is -2.16. The van der Waals surface area contributed by atoms with Gasteiger partial charge >= 0.3 is 5.97 Å². The van der Waals surface area contributed by atoms with Crippen LogP contribution in [0, 0.1) is 5.92 Å². The summed E-state index contributed by atoms with van der Waals surface area (Å²) in [6.07, 6.45) is 0.281. The molecule has 0 atom stereocenters. The van der Waals surface area contributed by atoms with Crippen molar-refractivity contribution in [3.05, 3.63) is 0 Å². The Morgan fingerprint density at radius 1 is 1.23 bits per heavy atom. The van der Waals surface area contributed by atoms with Gasteiger partial charge in [-0.15, -0.1) is 0 Å². The number of carbonyl (C=O) groups is 2. The largest absolute Gasteiger partial charge is 0.514 e. The van der Waals surface area contributed by atoms with E-state index >= 15 is 0 Å². The maximum absolute atomic E-state index is 11.2. The van der Waals surface area contributed by atoms with E-state index in [0.29, 0.717) is 0 Å². The summed E-state index contributed by atoms with van der Waals surface area (Å²) in [5.74, 6) is -0.855. The molecule has 0 aliphatic heterocycles. The highest BCUT2D eigenvalue weighted by Gasteiger charge is 2.24. The van der Waals surface area contributed by atoms with Crippen LogP contribution in [0.1, 0.15) is 20.3 Å². The van der Waals surface area contributed by atoms with Crippen molar-refractivity contribution in [2.75, 3.05) is 0 Å². The average Bonchev–Trinajstić information content (AvgIpc) is 1.81. The maximum Gasteiger partial charge on any atom is 0.361 e. The number of rotatable bonds is 4. The van der Waals surface area contributed by atoms with Crippen molar-refractivity contribution in [1.82, 2.24) is 0 Å². The molecule has 0 spiro atoms. The van der Waals surface area contributed by atoms with Gasteiger partial charge in [-0.3, -0.25) is 4.79 Å². The van der Waals surface area contributed by atoms with Crippen LogP contribution >= 0.6 is 0 Å². The van der Waals surface area contributed by atoms with Crippen molar-refractivity contribution >= 4 is 20.1 Å². The van der Waals surface area contributed by atoms with E-state index in [9.17, 15) is 9.59 Å². The van der Waals surface area contributed by atoms with E-state index in [1.165, 1.54) is 0 Å². The van der Waals surface area contributed by atoms with E-state index in [1.807, 2.05) is 33.5 Å². The van der Waals surface area contributed by atoms with Gasteiger partial charge in [0.05, 0.1) is 0 Å². The lowest BCUT2D eigenvalue weighted by Crippen LogP contribution is -2.33. The number of carbonyl (C=O) groups excluding carboxylic acids is 2. The third-order valence-corrected chi connectivity index (χ3v) is 2.02. The normalized spacial score (nSPS) is 11.5. The minimum absolute atomic E-state index is 0.210. The molecule has 0 unspecified atom stereocenters. The minimum Gasteiger partial charge on any atom is -0.514 e. The van der Waals surface area contributed by atoms with Gasteiger partial charge in [0.1, 0.15) is 0 Å². The van der Waals surface area contributed by atoms with Crippen molar-refractivity contribution in [2.45, 2.75) is 39.9 Å². The quantitative estimate of drug-likeness (QED) is 0.517. The SMILES string of the molecule is CC(C)CC(=O)C(=O)O[Si](C)(C)C. The standard InChI is InChI=1S/C9H18O3Si/c1-7(2)6-8(10)9(11)12-13(3,4)5/h7H,6H2,1-5H3. The molecule has 0 bridgehead atoms. The van der Waals surface area contributed by atoms with E-state index in [0.717, 1.165) is 0 Å². The summed E-state index contributed by atoms with van der Waals surface area (Å²) in [5.41, 5.74) is 0. The maximum atomic E-state index is 11.2. The molecule has 0 saturated carbocycles. The second-order valence-corrected chi connectivity index (χ2v) is 8.95. The lowest BCUT2D eigenvalue weighted by molar-refractivity contribution is -0.148. The smallest absolute Gasteiger partial charge is 0.361 e. The summed E-state index contributed by atoms with van der Waals surface area (Å²) in [6.45, 7) is 9.45. The Morgan fingerprint density at radius 3 is 2.00 bits per heavy atom. The highest BCUT2D eigenvalue weighted by molar-refractivity contribution is 6.72. The number of hydrogen-bond acceptors (Lipinski definition) is 3. The summed E-state index contributed by atoms with van der Waals surface area (Å²) < 4.78 is 5.05. The fourth-order valence-electron chi connectivity index (χ4n) is 0.789. The minimum atomic E-state index is -1.90. The molecule has 0 fully saturated rings. The van der Waals surface area contributed by atoms with Gasteiger partial charge in [0.15, 0.2) is 0 Å². The molecule has 76 valence electrons. The highest BCUT2D eigenvalue weighted by atomic mass is 28.4. The van der Waals surface area contributed by atoms with Crippen LogP contribution in [-0.2, 0) is 14.0 Å². The van der Waals surface area contributed by atoms with Crippen LogP contribution in [0.15, 0.2) is 0 Å². The fourth-order valence-corrected chi connectivity index (χ4v) is 1.46. The Labute approximate surface area is 80.6 Å². The molecular formula is C9H18O3Si. The summed E-state index contributed by atoms with van der Waals surface area (Å²) in [6, 6.07) is 0. The van der Waals surface area contributed by atoms with E-state index < -0.39 is 20.1 Å². The molecule has 0 rings (SSSR count). The first kappa shape index (κ1) is 12.4. The van der Waals surface area contributed by atoms with Crippen molar-refractivity contribution in [1.29, 1.82) is 0 Å². The number of ketones is 1. The number of hydrogen-bond donors (Lipinski definition) is 0. The molecule has 13 heavy (non-hydrogen) atoms. The molecule has 0 amide bonds. The van der Waals surface area contributed by atoms with E-state index in [4.69, 9.17) is 4.43 Å². The third kappa shape index (κ3) is 6.51. The Balaban J connectivity index is 4.06. The summed E-state index contributed by atoms with van der Waals surface area (Å²) >= 11 is 0. The topological polar surface area (TPSA) is 43.4 Å². The van der Waals surface area contributed by atoms with Crippen molar-refractivity contribution in [3.8, 4) is 0 Å². The zero-order valence-electron chi connectivity index (χ0n) is 9.01. The molecule has 0 aliphatic carbocycles. The molecule has 4 heteroatoms. The van der Waals surface area contributed by atoms with Gasteiger partial charge in [0.25, 0.3) is 0 Å². The van der Waals surface area contributed by atoms with Gasteiger partial charge in [-0.2, -0.15) is 0 Å². The molecule has 0 aliphatic rings. The fraction of sp³-hybridized carbons (Fsp3) is 0.778. The Kier molecular flexibility index (Phi) is 4.33. The summed E-state index contributed by atoms with van der Waals surface area (Å²) in [4.78, 5) is 22.3. The molecule has 0 heterocycles. The van der Waals surface area contributed by atoms with Crippen LogP contribution in [-0.4, -0.2) is 20.1 Å². The molecule has 0 saturated heterocycles. The van der Waals surface area contributed by atoms with Crippen LogP contribution < -0.4 is 0 Å². The molecule has 0 radical (unpaired) electrons. The van der Waals surface area contributed by atoms with Crippen LogP contribution in [0.5, 0.6) is 0 Å². The zero-order valence-corrected chi connectivity index (χ0v) is 10.0. The van der Waals surface area contributed by atoms with E-state index in [2.05, 4.69) is 0 Å². The molecule has 0 aromatic rings. The molecule has 3 nitrogen and oxygen atoms in total. The Hall–Kier alpha value is -0.643. The lowest BCUT2D eigenvalue weighted by atomic mass is 10.1. The van der Waals surface area contributed by atoms with Gasteiger partial charge < -0.3 is 4.43 Å². The first-order valence-corrected chi connectivity index (χ1v) is 7.89. The Morgan fingerprint density at radius 2 is 1.69 bits per heavy atom. The second kappa shape index (κ2) is 4.55. The molecule has 0 aromatic heterocycles. The van der Waals surface area contributed by atoms with Gasteiger partial charge in [-0.1, -0.05) is 13.8 Å². The number of Topliss-reactive ketones (excluding diaryl/α,β-unsaturated/α-hetero) is 1. The monoisotopic (exact) mass is 202 g/mol. The van der Waals surface area contributed by atoms with Crippen molar-refractivity contribution in [3.63, 3.8) is 0 Å². The zero-order chi connectivity index (χ0) is 10.6. The van der Waals surface area contributed by atoms with Gasteiger partial charge in [0.2, 0.25) is 14.1 Å². The van der Waals surface area contributed by atoms with Crippen LogP contribution in [0.3, 0.4) is 0 Å². The van der Waals surface area contributed by atoms with Gasteiger partial charge in [-0.25, -0.2) is 4.79 Å². The van der Waals surface area contributed by atoms with Crippen LogP contribution in [0.2, 0.25) is 19.6 Å². The van der Waals surface area contributed by atoms with Gasteiger partial charge in [0, 0.05) is 6.42 Å². The summed E-state index contributed by atoms with van der Waals surface area (Å²) in [5, 5.41) is 0. The van der Waals surface area contributed by atoms with Crippen LogP contribution in [0.4, 0.5) is 0 Å². The molecule has 0 aromatic carbocycles. The third-order valence-electron chi connectivity index (χ3n) is 1.22. The molecular weight excluding hydrogens is 184 g/mol. The predicted octanol–water partition coefficient (Wildman–Crippen LogP) is 1.98. The van der Waals surface area contributed by atoms with Gasteiger partial charge in [-0.05, 0) is 25.6 Å². The first-order valence-electron chi connectivity index (χ1n) is 4.48. The van der Waals surface area contributed by atoms with Crippen molar-refractivity contribution < 1.29 is 14.0 Å². The second-order valence-electron chi connectivity index (χ2n) is 4.52. The molecule has 0 N–H and O–H groups in total. The average molecular weight is 202 g/mol. The van der Waals surface area contributed by atoms with Crippen molar-refractivity contribution in [2.24, 2.45) is 5.92 Å². The predicted molar refractivity (Wildman–Crippen MR) is 53.9 cm³/mol. The Bertz CT molecular complexity index is 203.